The lowest BCUT2D eigenvalue weighted by Crippen LogP contribution is -2.39. The molecule has 0 bridgehead atoms. The Morgan fingerprint density at radius 1 is 1.25 bits per heavy atom. The molecule has 0 saturated heterocycles. The van der Waals surface area contributed by atoms with Crippen molar-refractivity contribution in [1.82, 2.24) is 4.57 Å². The number of thiazole rings is 1. The van der Waals surface area contributed by atoms with Crippen LogP contribution < -0.4 is 24.4 Å². The number of fused-ring (bicyclic) bond motifs is 2. The maximum atomic E-state index is 13.7. The Labute approximate surface area is 208 Å². The van der Waals surface area contributed by atoms with Crippen LogP contribution in [-0.2, 0) is 9.53 Å². The van der Waals surface area contributed by atoms with Crippen molar-refractivity contribution in [3.63, 3.8) is 0 Å². The number of carbonyl (C=O) groups is 1. The van der Waals surface area contributed by atoms with Crippen molar-refractivity contribution in [3.05, 3.63) is 94.2 Å². The zero-order valence-electron chi connectivity index (χ0n) is 19.6. The summed E-state index contributed by atoms with van der Waals surface area (Å²) in [7, 11) is 0. The summed E-state index contributed by atoms with van der Waals surface area (Å²) in [5, 5.41) is 11.7. The van der Waals surface area contributed by atoms with Crippen molar-refractivity contribution < 1.29 is 23.9 Å². The van der Waals surface area contributed by atoms with E-state index in [9.17, 15) is 19.7 Å². The zero-order valence-corrected chi connectivity index (χ0v) is 20.5. The van der Waals surface area contributed by atoms with Crippen LogP contribution in [0.3, 0.4) is 0 Å². The number of ether oxygens (including phenoxy) is 3. The Morgan fingerprint density at radius 2 is 1.94 bits per heavy atom. The highest BCUT2D eigenvalue weighted by atomic mass is 32.1. The molecule has 3 aromatic rings. The van der Waals surface area contributed by atoms with Crippen molar-refractivity contribution in [2.75, 3.05) is 13.4 Å². The quantitative estimate of drug-likeness (QED) is 0.296. The fraction of sp³-hybridized carbons (Fsp3) is 0.240. The first-order valence-corrected chi connectivity index (χ1v) is 11.9. The molecule has 0 amide bonds. The standard InChI is InChI=1S/C25H21N3O7S/c1-4-33-24(30)21-14(3)26-25-27(22(21)15-7-5-13(2)6-8-15)23(29)20(36-25)10-16-9-18-19(35-12-34-18)11-17(16)28(31)32/h5-11,22H,4,12H2,1-3H3/b20-10-/t22-/m1/s1. The minimum Gasteiger partial charge on any atom is -0.463 e. The van der Waals surface area contributed by atoms with Gasteiger partial charge in [0.15, 0.2) is 16.3 Å². The molecule has 0 radical (unpaired) electrons. The van der Waals surface area contributed by atoms with Crippen molar-refractivity contribution in [3.8, 4) is 11.5 Å². The van der Waals surface area contributed by atoms with Crippen molar-refractivity contribution in [1.29, 1.82) is 0 Å². The number of carbonyl (C=O) groups excluding carboxylic acids is 1. The minimum atomic E-state index is -0.755. The number of hydrogen-bond acceptors (Lipinski definition) is 9. The second-order valence-corrected chi connectivity index (χ2v) is 9.24. The molecule has 184 valence electrons. The zero-order chi connectivity index (χ0) is 25.6. The highest BCUT2D eigenvalue weighted by Gasteiger charge is 2.33. The SMILES string of the molecule is CCOC(=O)C1=C(C)N=c2s/c(=C\c3cc4c(cc3[N+](=O)[O-])OCO4)c(=O)n2[C@@H]1c1ccc(C)cc1. The van der Waals surface area contributed by atoms with Gasteiger partial charge in [0.1, 0.15) is 0 Å². The first-order valence-electron chi connectivity index (χ1n) is 11.1. The Hall–Kier alpha value is -4.25. The van der Waals surface area contributed by atoms with Gasteiger partial charge in [0.05, 0.1) is 45.0 Å². The molecule has 0 fully saturated rings. The van der Waals surface area contributed by atoms with E-state index in [1.54, 1.807) is 13.8 Å². The van der Waals surface area contributed by atoms with Gasteiger partial charge in [-0.25, -0.2) is 9.79 Å². The van der Waals surface area contributed by atoms with Crippen molar-refractivity contribution in [2.24, 2.45) is 4.99 Å². The van der Waals surface area contributed by atoms with Gasteiger partial charge in [-0.2, -0.15) is 0 Å². The van der Waals surface area contributed by atoms with Crippen molar-refractivity contribution in [2.45, 2.75) is 26.8 Å². The lowest BCUT2D eigenvalue weighted by Gasteiger charge is -2.24. The maximum absolute atomic E-state index is 13.7. The average molecular weight is 508 g/mol. The molecular formula is C25H21N3O7S. The first kappa shape index (κ1) is 23.5. The van der Waals surface area contributed by atoms with Gasteiger partial charge < -0.3 is 14.2 Å². The van der Waals surface area contributed by atoms with Crippen LogP contribution in [0.2, 0.25) is 0 Å². The summed E-state index contributed by atoms with van der Waals surface area (Å²) in [4.78, 5) is 42.7. The molecule has 2 aromatic carbocycles. The molecule has 0 saturated carbocycles. The third-order valence-corrected chi connectivity index (χ3v) is 6.90. The molecule has 36 heavy (non-hydrogen) atoms. The Morgan fingerprint density at radius 3 is 2.61 bits per heavy atom. The molecule has 0 aliphatic carbocycles. The molecule has 0 unspecified atom stereocenters. The normalized spacial score (nSPS) is 16.5. The number of aryl methyl sites for hydroxylation is 1. The van der Waals surface area contributed by atoms with E-state index in [4.69, 9.17) is 14.2 Å². The number of aromatic nitrogens is 1. The predicted octanol–water partition coefficient (Wildman–Crippen LogP) is 2.74. The first-order chi connectivity index (χ1) is 17.3. The lowest BCUT2D eigenvalue weighted by atomic mass is 9.95. The van der Waals surface area contributed by atoms with E-state index in [1.807, 2.05) is 31.2 Å². The van der Waals surface area contributed by atoms with Gasteiger partial charge in [-0.3, -0.25) is 19.5 Å². The third-order valence-electron chi connectivity index (χ3n) is 5.92. The number of nitro benzene ring substituents is 1. The summed E-state index contributed by atoms with van der Waals surface area (Å²) in [5.41, 5.74) is 2.02. The molecule has 5 rings (SSSR count). The number of nitrogens with zero attached hydrogens (tertiary/aromatic N) is 3. The molecule has 11 heteroatoms. The molecule has 2 aliphatic rings. The van der Waals surface area contributed by atoms with Crippen LogP contribution in [0, 0.1) is 17.0 Å². The third kappa shape index (κ3) is 3.97. The lowest BCUT2D eigenvalue weighted by molar-refractivity contribution is -0.385. The number of esters is 1. The van der Waals surface area contributed by atoms with Gasteiger partial charge >= 0.3 is 5.97 Å². The van der Waals surface area contributed by atoms with Gasteiger partial charge in [-0.15, -0.1) is 0 Å². The summed E-state index contributed by atoms with van der Waals surface area (Å²) >= 11 is 1.09. The summed E-state index contributed by atoms with van der Waals surface area (Å²) < 4.78 is 17.6. The van der Waals surface area contributed by atoms with Crippen LogP contribution >= 0.6 is 11.3 Å². The Bertz CT molecular complexity index is 1620. The van der Waals surface area contributed by atoms with E-state index in [0.29, 0.717) is 16.2 Å². The molecule has 1 aromatic heterocycles. The minimum absolute atomic E-state index is 0.0371. The van der Waals surface area contributed by atoms with E-state index in [2.05, 4.69) is 4.99 Å². The van der Waals surface area contributed by atoms with E-state index in [1.165, 1.54) is 22.8 Å². The second kappa shape index (κ2) is 9.08. The average Bonchev–Trinajstić information content (AvgIpc) is 3.42. The van der Waals surface area contributed by atoms with Crippen LogP contribution in [0.1, 0.15) is 36.6 Å². The number of benzene rings is 2. The monoisotopic (exact) mass is 507 g/mol. The summed E-state index contributed by atoms with van der Waals surface area (Å²) in [6.07, 6.45) is 1.44. The number of hydrogen-bond donors (Lipinski definition) is 0. The second-order valence-electron chi connectivity index (χ2n) is 8.23. The largest absolute Gasteiger partial charge is 0.463 e. The Balaban J connectivity index is 1.73. The summed E-state index contributed by atoms with van der Waals surface area (Å²) in [5.74, 6) is 0.0806. The molecule has 2 aliphatic heterocycles. The molecule has 1 atom stereocenters. The smallest absolute Gasteiger partial charge is 0.338 e. The highest BCUT2D eigenvalue weighted by Crippen LogP contribution is 2.38. The molecule has 3 heterocycles. The van der Waals surface area contributed by atoms with Crippen LogP contribution in [0.15, 0.2) is 57.5 Å². The van der Waals surface area contributed by atoms with Gasteiger partial charge in [-0.1, -0.05) is 41.2 Å². The topological polar surface area (TPSA) is 122 Å². The van der Waals surface area contributed by atoms with Crippen LogP contribution in [-0.4, -0.2) is 28.9 Å². The van der Waals surface area contributed by atoms with E-state index in [0.717, 1.165) is 22.5 Å². The van der Waals surface area contributed by atoms with Gasteiger partial charge in [0, 0.05) is 0 Å². The van der Waals surface area contributed by atoms with E-state index < -0.39 is 22.5 Å². The molecule has 10 nitrogen and oxygen atoms in total. The van der Waals surface area contributed by atoms with Gasteiger partial charge in [0.25, 0.3) is 11.2 Å². The molecule has 0 N–H and O–H groups in total. The van der Waals surface area contributed by atoms with Crippen LogP contribution in [0.25, 0.3) is 6.08 Å². The van der Waals surface area contributed by atoms with E-state index >= 15 is 0 Å². The van der Waals surface area contributed by atoms with Crippen LogP contribution in [0.4, 0.5) is 5.69 Å². The fourth-order valence-electron chi connectivity index (χ4n) is 4.22. The molecular weight excluding hydrogens is 486 g/mol. The van der Waals surface area contributed by atoms with Crippen LogP contribution in [0.5, 0.6) is 11.5 Å². The van der Waals surface area contributed by atoms with E-state index in [-0.39, 0.29) is 40.5 Å². The summed E-state index contributed by atoms with van der Waals surface area (Å²) in [6, 6.07) is 9.53. The van der Waals surface area contributed by atoms with Gasteiger partial charge in [-0.05, 0) is 38.5 Å². The summed E-state index contributed by atoms with van der Waals surface area (Å²) in [6.45, 7) is 5.50. The molecule has 0 spiro atoms. The fourth-order valence-corrected chi connectivity index (χ4v) is 5.26. The highest BCUT2D eigenvalue weighted by molar-refractivity contribution is 7.07. The maximum Gasteiger partial charge on any atom is 0.338 e. The predicted molar refractivity (Wildman–Crippen MR) is 131 cm³/mol. The number of rotatable bonds is 5. The van der Waals surface area contributed by atoms with Crippen molar-refractivity contribution >= 4 is 29.1 Å². The number of nitro groups is 1. The number of allylic oxidation sites excluding steroid dienone is 1. The van der Waals surface area contributed by atoms with Gasteiger partial charge in [0.2, 0.25) is 6.79 Å². The Kier molecular flexibility index (Phi) is 5.92.